The lowest BCUT2D eigenvalue weighted by atomic mass is 10.0. The van der Waals surface area contributed by atoms with Crippen molar-refractivity contribution in [2.24, 2.45) is 0 Å². The lowest BCUT2D eigenvalue weighted by Gasteiger charge is -2.22. The molecule has 1 heterocycles. The van der Waals surface area contributed by atoms with Gasteiger partial charge in [-0.1, -0.05) is 61.5 Å². The van der Waals surface area contributed by atoms with Gasteiger partial charge in [-0.2, -0.15) is 13.2 Å². The van der Waals surface area contributed by atoms with E-state index in [1.807, 2.05) is 49.4 Å². The Labute approximate surface area is 191 Å². The highest BCUT2D eigenvalue weighted by Crippen LogP contribution is 2.39. The van der Waals surface area contributed by atoms with Crippen molar-refractivity contribution in [1.82, 2.24) is 4.98 Å². The summed E-state index contributed by atoms with van der Waals surface area (Å²) in [5.41, 5.74) is 3.17. The van der Waals surface area contributed by atoms with Gasteiger partial charge in [-0.25, -0.2) is 4.98 Å². The largest absolute Gasteiger partial charge is 0.417 e. The molecule has 0 saturated carbocycles. The predicted molar refractivity (Wildman–Crippen MR) is 129 cm³/mol. The number of nitrogens with zero attached hydrogens (tertiary/aromatic N) is 1. The lowest BCUT2D eigenvalue weighted by Crippen LogP contribution is -2.12. The van der Waals surface area contributed by atoms with Gasteiger partial charge in [0.25, 0.3) is 0 Å². The fraction of sp³-hybridized carbons (Fsp3) is 0.222. The van der Waals surface area contributed by atoms with Crippen molar-refractivity contribution >= 4 is 22.3 Å². The second-order valence-corrected chi connectivity index (χ2v) is 8.00. The number of benzene rings is 3. The van der Waals surface area contributed by atoms with Crippen LogP contribution in [0.15, 0.2) is 78.9 Å². The zero-order valence-electron chi connectivity index (χ0n) is 18.6. The molecule has 1 unspecified atom stereocenters. The van der Waals surface area contributed by atoms with Crippen LogP contribution >= 0.6 is 0 Å². The summed E-state index contributed by atoms with van der Waals surface area (Å²) in [5.74, 6) is 0. The molecule has 3 aromatic carbocycles. The van der Waals surface area contributed by atoms with Crippen molar-refractivity contribution in [3.05, 3.63) is 90.0 Å². The van der Waals surface area contributed by atoms with Gasteiger partial charge in [-0.3, -0.25) is 0 Å². The minimum absolute atomic E-state index is 0.0662. The van der Waals surface area contributed by atoms with Gasteiger partial charge in [0.15, 0.2) is 0 Å². The Morgan fingerprint density at radius 2 is 1.58 bits per heavy atom. The number of fused-ring (bicyclic) bond motifs is 1. The van der Waals surface area contributed by atoms with Crippen LogP contribution in [0.5, 0.6) is 0 Å². The molecular formula is C27H26F3N3. The van der Waals surface area contributed by atoms with Gasteiger partial charge in [0.1, 0.15) is 0 Å². The van der Waals surface area contributed by atoms with Crippen molar-refractivity contribution in [1.29, 1.82) is 0 Å². The van der Waals surface area contributed by atoms with E-state index in [-0.39, 0.29) is 17.3 Å². The summed E-state index contributed by atoms with van der Waals surface area (Å²) in [7, 11) is 0. The summed E-state index contributed by atoms with van der Waals surface area (Å²) in [5, 5.41) is 7.83. The van der Waals surface area contributed by atoms with Gasteiger partial charge in [0.05, 0.1) is 22.8 Å². The average molecular weight is 450 g/mol. The number of rotatable bonds is 7. The summed E-state index contributed by atoms with van der Waals surface area (Å²) >= 11 is 0. The number of nitrogens with one attached hydrogen (secondary N) is 2. The highest BCUT2D eigenvalue weighted by Gasteiger charge is 2.33. The Hall–Kier alpha value is -3.54. The van der Waals surface area contributed by atoms with E-state index in [0.717, 1.165) is 41.4 Å². The normalized spacial score (nSPS) is 12.5. The van der Waals surface area contributed by atoms with Gasteiger partial charge in [0.2, 0.25) is 0 Å². The highest BCUT2D eigenvalue weighted by atomic mass is 19.4. The van der Waals surface area contributed by atoms with Crippen LogP contribution in [0.25, 0.3) is 22.2 Å². The molecular weight excluding hydrogens is 423 g/mol. The van der Waals surface area contributed by atoms with E-state index in [1.165, 1.54) is 12.1 Å². The van der Waals surface area contributed by atoms with E-state index in [1.54, 1.807) is 12.1 Å². The zero-order valence-corrected chi connectivity index (χ0v) is 18.6. The van der Waals surface area contributed by atoms with E-state index in [2.05, 4.69) is 28.6 Å². The Morgan fingerprint density at radius 1 is 0.879 bits per heavy atom. The van der Waals surface area contributed by atoms with Crippen LogP contribution in [-0.4, -0.2) is 11.5 Å². The number of anilines is 2. The third-order valence-electron chi connectivity index (χ3n) is 5.59. The molecule has 0 fully saturated rings. The van der Waals surface area contributed by atoms with Crippen molar-refractivity contribution in [2.75, 3.05) is 17.2 Å². The maximum atomic E-state index is 13.7. The minimum atomic E-state index is -4.46. The number of halogens is 3. The average Bonchev–Trinajstić information content (AvgIpc) is 2.82. The third-order valence-corrected chi connectivity index (χ3v) is 5.59. The van der Waals surface area contributed by atoms with Gasteiger partial charge in [-0.05, 0) is 43.2 Å². The monoisotopic (exact) mass is 449 g/mol. The molecule has 170 valence electrons. The van der Waals surface area contributed by atoms with E-state index in [9.17, 15) is 13.2 Å². The first-order chi connectivity index (χ1) is 15.9. The smallest absolute Gasteiger partial charge is 0.385 e. The molecule has 4 aromatic rings. The predicted octanol–water partition coefficient (Wildman–Crippen LogP) is 7.92. The van der Waals surface area contributed by atoms with E-state index >= 15 is 0 Å². The fourth-order valence-corrected chi connectivity index (χ4v) is 3.99. The zero-order chi connectivity index (χ0) is 23.4. The number of alkyl halides is 3. The first-order valence-electron chi connectivity index (χ1n) is 11.0. The van der Waals surface area contributed by atoms with E-state index in [4.69, 9.17) is 0 Å². The van der Waals surface area contributed by atoms with E-state index < -0.39 is 11.7 Å². The first-order valence-corrected chi connectivity index (χ1v) is 11.0. The number of hydrogen-bond acceptors (Lipinski definition) is 3. The Balaban J connectivity index is 1.79. The number of aromatic nitrogens is 1. The summed E-state index contributed by atoms with van der Waals surface area (Å²) in [6, 6.07) is 22.8. The third kappa shape index (κ3) is 4.95. The van der Waals surface area contributed by atoms with Crippen molar-refractivity contribution in [3.63, 3.8) is 0 Å². The first kappa shape index (κ1) is 22.6. The number of hydrogen-bond donors (Lipinski definition) is 2. The molecule has 1 aromatic heterocycles. The summed E-state index contributed by atoms with van der Waals surface area (Å²) in [6.07, 6.45) is -3.46. The standard InChI is InChI=1S/C27H26F3N3/c1-3-16-31-23-14-8-5-10-19(23)18(2)32-26-17-25(33-24-15-9-6-12-21(24)26)20-11-4-7-13-22(20)27(28,29)30/h4-15,17-18,31H,3,16H2,1-2H3,(H,32,33). The molecule has 0 radical (unpaired) electrons. The lowest BCUT2D eigenvalue weighted by molar-refractivity contribution is -0.137. The maximum Gasteiger partial charge on any atom is 0.417 e. The molecule has 33 heavy (non-hydrogen) atoms. The molecule has 0 aliphatic carbocycles. The van der Waals surface area contributed by atoms with Crippen molar-refractivity contribution < 1.29 is 13.2 Å². The molecule has 0 spiro atoms. The topological polar surface area (TPSA) is 37.0 Å². The summed E-state index contributed by atoms with van der Waals surface area (Å²) in [6.45, 7) is 5.02. The van der Waals surface area contributed by atoms with Gasteiger partial charge in [-0.15, -0.1) is 0 Å². The van der Waals surface area contributed by atoms with Crippen LogP contribution < -0.4 is 10.6 Å². The van der Waals surface area contributed by atoms with Gasteiger partial charge >= 0.3 is 6.18 Å². The SMILES string of the molecule is CCCNc1ccccc1C(C)Nc1cc(-c2ccccc2C(F)(F)F)nc2ccccc12. The molecule has 4 rings (SSSR count). The van der Waals surface area contributed by atoms with Gasteiger partial charge < -0.3 is 10.6 Å². The Kier molecular flexibility index (Phi) is 6.54. The maximum absolute atomic E-state index is 13.7. The van der Waals surface area contributed by atoms with Crippen molar-refractivity contribution in [2.45, 2.75) is 32.5 Å². The van der Waals surface area contributed by atoms with Crippen LogP contribution in [0.1, 0.15) is 37.4 Å². The van der Waals surface area contributed by atoms with Crippen LogP contribution in [0, 0.1) is 0 Å². The Morgan fingerprint density at radius 3 is 2.36 bits per heavy atom. The molecule has 2 N–H and O–H groups in total. The molecule has 0 aliphatic heterocycles. The number of pyridine rings is 1. The van der Waals surface area contributed by atoms with E-state index in [0.29, 0.717) is 5.52 Å². The minimum Gasteiger partial charge on any atom is -0.385 e. The molecule has 0 amide bonds. The van der Waals surface area contributed by atoms with Gasteiger partial charge in [0, 0.05) is 28.9 Å². The number of para-hydroxylation sites is 2. The van der Waals surface area contributed by atoms with Crippen molar-refractivity contribution in [3.8, 4) is 11.3 Å². The Bertz CT molecular complexity index is 1250. The second kappa shape index (κ2) is 9.53. The summed E-state index contributed by atoms with van der Waals surface area (Å²) < 4.78 is 41.0. The van der Waals surface area contributed by atoms with Crippen LogP contribution in [0.2, 0.25) is 0 Å². The second-order valence-electron chi connectivity index (χ2n) is 8.00. The molecule has 6 heteroatoms. The molecule has 3 nitrogen and oxygen atoms in total. The molecule has 0 aliphatic rings. The highest BCUT2D eigenvalue weighted by molar-refractivity contribution is 5.94. The van der Waals surface area contributed by atoms with Crippen LogP contribution in [0.4, 0.5) is 24.5 Å². The van der Waals surface area contributed by atoms with Crippen LogP contribution in [0.3, 0.4) is 0 Å². The molecule has 1 atom stereocenters. The quantitative estimate of drug-likeness (QED) is 0.301. The molecule has 0 saturated heterocycles. The van der Waals surface area contributed by atoms with Crippen LogP contribution in [-0.2, 0) is 6.18 Å². The fourth-order valence-electron chi connectivity index (χ4n) is 3.99. The summed E-state index contributed by atoms with van der Waals surface area (Å²) in [4.78, 5) is 4.57. The molecule has 0 bridgehead atoms.